The summed E-state index contributed by atoms with van der Waals surface area (Å²) < 4.78 is 11.6. The van der Waals surface area contributed by atoms with Gasteiger partial charge in [-0.05, 0) is 31.0 Å². The fourth-order valence-corrected chi connectivity index (χ4v) is 3.83. The SMILES string of the molecule is Cc1cccc(OCCNC2C3CCOC3C2(C)C)c1. The van der Waals surface area contributed by atoms with Gasteiger partial charge in [-0.1, -0.05) is 26.0 Å². The van der Waals surface area contributed by atoms with Gasteiger partial charge in [0.1, 0.15) is 12.4 Å². The van der Waals surface area contributed by atoms with Gasteiger partial charge in [-0.2, -0.15) is 0 Å². The Morgan fingerprint density at radius 2 is 2.25 bits per heavy atom. The molecule has 2 aliphatic rings. The maximum atomic E-state index is 5.81. The van der Waals surface area contributed by atoms with Crippen LogP contribution in [0.1, 0.15) is 25.8 Å². The molecule has 1 N–H and O–H groups in total. The lowest BCUT2D eigenvalue weighted by Gasteiger charge is -2.55. The number of fused-ring (bicyclic) bond motifs is 1. The number of benzene rings is 1. The molecule has 1 aromatic carbocycles. The van der Waals surface area contributed by atoms with Gasteiger partial charge in [-0.25, -0.2) is 0 Å². The highest BCUT2D eigenvalue weighted by atomic mass is 16.5. The summed E-state index contributed by atoms with van der Waals surface area (Å²) in [6.45, 7) is 9.23. The smallest absolute Gasteiger partial charge is 0.119 e. The van der Waals surface area contributed by atoms with Crippen molar-refractivity contribution in [3.05, 3.63) is 29.8 Å². The Hall–Kier alpha value is -1.06. The Morgan fingerprint density at radius 1 is 1.40 bits per heavy atom. The number of aryl methyl sites for hydroxylation is 1. The summed E-state index contributed by atoms with van der Waals surface area (Å²) in [5.74, 6) is 1.66. The Labute approximate surface area is 121 Å². The monoisotopic (exact) mass is 275 g/mol. The highest BCUT2D eigenvalue weighted by Crippen LogP contribution is 2.51. The molecule has 3 heteroatoms. The largest absolute Gasteiger partial charge is 0.492 e. The maximum absolute atomic E-state index is 5.81. The van der Waals surface area contributed by atoms with Crippen LogP contribution in [0.5, 0.6) is 5.75 Å². The molecule has 110 valence electrons. The maximum Gasteiger partial charge on any atom is 0.119 e. The topological polar surface area (TPSA) is 30.5 Å². The van der Waals surface area contributed by atoms with E-state index < -0.39 is 0 Å². The molecule has 0 amide bonds. The molecule has 0 aromatic heterocycles. The Balaban J connectivity index is 1.44. The van der Waals surface area contributed by atoms with Crippen LogP contribution >= 0.6 is 0 Å². The molecular formula is C17H25NO2. The van der Waals surface area contributed by atoms with Crippen molar-refractivity contribution in [1.29, 1.82) is 0 Å². The highest BCUT2D eigenvalue weighted by Gasteiger charge is 2.58. The lowest BCUT2D eigenvalue weighted by molar-refractivity contribution is -0.112. The van der Waals surface area contributed by atoms with E-state index in [0.29, 0.717) is 24.7 Å². The molecule has 0 spiro atoms. The predicted octanol–water partition coefficient (Wildman–Crippen LogP) is 2.78. The molecule has 3 rings (SSSR count). The molecule has 1 saturated heterocycles. The van der Waals surface area contributed by atoms with E-state index in [2.05, 4.69) is 38.2 Å². The van der Waals surface area contributed by atoms with Crippen molar-refractivity contribution in [2.45, 2.75) is 39.3 Å². The second-order valence-electron chi connectivity index (χ2n) is 6.66. The van der Waals surface area contributed by atoms with Crippen molar-refractivity contribution < 1.29 is 9.47 Å². The van der Waals surface area contributed by atoms with Crippen LogP contribution in [0.3, 0.4) is 0 Å². The van der Waals surface area contributed by atoms with Gasteiger partial charge in [0, 0.05) is 30.5 Å². The lowest BCUT2D eigenvalue weighted by Crippen LogP contribution is -2.66. The average molecular weight is 275 g/mol. The third-order valence-electron chi connectivity index (χ3n) is 4.83. The molecule has 2 fully saturated rings. The van der Waals surface area contributed by atoms with E-state index in [-0.39, 0.29) is 5.41 Å². The first-order valence-electron chi connectivity index (χ1n) is 7.63. The molecule has 0 radical (unpaired) electrons. The molecule has 1 aromatic rings. The van der Waals surface area contributed by atoms with Gasteiger partial charge in [0.25, 0.3) is 0 Å². The van der Waals surface area contributed by atoms with E-state index in [9.17, 15) is 0 Å². The van der Waals surface area contributed by atoms with Crippen LogP contribution < -0.4 is 10.1 Å². The van der Waals surface area contributed by atoms with Gasteiger partial charge in [-0.15, -0.1) is 0 Å². The third-order valence-corrected chi connectivity index (χ3v) is 4.83. The van der Waals surface area contributed by atoms with Gasteiger partial charge in [0.05, 0.1) is 6.10 Å². The van der Waals surface area contributed by atoms with Crippen molar-refractivity contribution in [2.75, 3.05) is 19.8 Å². The molecule has 1 saturated carbocycles. The molecule has 1 heterocycles. The minimum absolute atomic E-state index is 0.254. The van der Waals surface area contributed by atoms with Crippen molar-refractivity contribution in [3.8, 4) is 5.75 Å². The summed E-state index contributed by atoms with van der Waals surface area (Å²) in [7, 11) is 0. The van der Waals surface area contributed by atoms with Gasteiger partial charge in [0.2, 0.25) is 0 Å². The van der Waals surface area contributed by atoms with Crippen molar-refractivity contribution >= 4 is 0 Å². The molecule has 3 unspecified atom stereocenters. The molecular weight excluding hydrogens is 250 g/mol. The van der Waals surface area contributed by atoms with E-state index in [1.807, 2.05) is 12.1 Å². The van der Waals surface area contributed by atoms with Gasteiger partial charge in [0.15, 0.2) is 0 Å². The van der Waals surface area contributed by atoms with Crippen molar-refractivity contribution in [1.82, 2.24) is 5.32 Å². The Morgan fingerprint density at radius 3 is 3.05 bits per heavy atom. The number of hydrogen-bond donors (Lipinski definition) is 1. The zero-order valence-corrected chi connectivity index (χ0v) is 12.7. The summed E-state index contributed by atoms with van der Waals surface area (Å²) in [6.07, 6.45) is 1.66. The van der Waals surface area contributed by atoms with E-state index >= 15 is 0 Å². The summed E-state index contributed by atoms with van der Waals surface area (Å²) in [6, 6.07) is 8.78. The summed E-state index contributed by atoms with van der Waals surface area (Å²) >= 11 is 0. The number of rotatable bonds is 5. The predicted molar refractivity (Wildman–Crippen MR) is 80.1 cm³/mol. The molecule has 20 heavy (non-hydrogen) atoms. The second-order valence-corrected chi connectivity index (χ2v) is 6.66. The minimum atomic E-state index is 0.254. The Bertz CT molecular complexity index is 472. The molecule has 0 bridgehead atoms. The van der Waals surface area contributed by atoms with Crippen molar-refractivity contribution in [2.24, 2.45) is 11.3 Å². The highest BCUT2D eigenvalue weighted by molar-refractivity contribution is 5.27. The van der Waals surface area contributed by atoms with Crippen LogP contribution in [0, 0.1) is 18.3 Å². The fraction of sp³-hybridized carbons (Fsp3) is 0.647. The molecule has 1 aliphatic carbocycles. The zero-order chi connectivity index (χ0) is 14.2. The van der Waals surface area contributed by atoms with Crippen LogP contribution in [0.25, 0.3) is 0 Å². The van der Waals surface area contributed by atoms with E-state index in [4.69, 9.17) is 9.47 Å². The standard InChI is InChI=1S/C17H25NO2/c1-12-5-4-6-13(11-12)19-10-8-18-15-14-7-9-20-16(14)17(15,2)3/h4-6,11,14-16,18H,7-10H2,1-3H3. The Kier molecular flexibility index (Phi) is 3.74. The first kappa shape index (κ1) is 13.9. The summed E-state index contributed by atoms with van der Waals surface area (Å²) in [5, 5.41) is 3.66. The average Bonchev–Trinajstić information content (AvgIpc) is 2.85. The third kappa shape index (κ3) is 2.45. The fourth-order valence-electron chi connectivity index (χ4n) is 3.83. The molecule has 3 nitrogen and oxygen atoms in total. The van der Waals surface area contributed by atoms with E-state index in [1.54, 1.807) is 0 Å². The second kappa shape index (κ2) is 5.38. The zero-order valence-electron chi connectivity index (χ0n) is 12.7. The van der Waals surface area contributed by atoms with Gasteiger partial charge >= 0.3 is 0 Å². The van der Waals surface area contributed by atoms with Crippen molar-refractivity contribution in [3.63, 3.8) is 0 Å². The number of hydrogen-bond acceptors (Lipinski definition) is 3. The van der Waals surface area contributed by atoms with Crippen LogP contribution in [0.4, 0.5) is 0 Å². The summed E-state index contributed by atoms with van der Waals surface area (Å²) in [4.78, 5) is 0. The van der Waals surface area contributed by atoms with E-state index in [0.717, 1.165) is 18.9 Å². The first-order valence-corrected chi connectivity index (χ1v) is 7.63. The normalized spacial score (nSPS) is 30.6. The first-order chi connectivity index (χ1) is 9.59. The molecule has 1 aliphatic heterocycles. The number of nitrogens with one attached hydrogen (secondary N) is 1. The lowest BCUT2D eigenvalue weighted by atomic mass is 9.57. The summed E-state index contributed by atoms with van der Waals surface area (Å²) in [5.41, 5.74) is 1.49. The van der Waals surface area contributed by atoms with Crippen LogP contribution in [-0.4, -0.2) is 31.9 Å². The van der Waals surface area contributed by atoms with Crippen LogP contribution in [-0.2, 0) is 4.74 Å². The van der Waals surface area contributed by atoms with Gasteiger partial charge in [-0.3, -0.25) is 0 Å². The quantitative estimate of drug-likeness (QED) is 0.838. The minimum Gasteiger partial charge on any atom is -0.492 e. The van der Waals surface area contributed by atoms with Crippen LogP contribution in [0.2, 0.25) is 0 Å². The number of ether oxygens (including phenoxy) is 2. The van der Waals surface area contributed by atoms with Crippen LogP contribution in [0.15, 0.2) is 24.3 Å². The molecule has 3 atom stereocenters. The van der Waals surface area contributed by atoms with E-state index in [1.165, 1.54) is 12.0 Å². The van der Waals surface area contributed by atoms with Gasteiger partial charge < -0.3 is 14.8 Å².